The summed E-state index contributed by atoms with van der Waals surface area (Å²) in [7, 11) is 0. The number of benzene rings is 1. The standard InChI is InChI=1S/C19H26N2O5/c1-19(2,3)26-18(24)21-11-7-10-15(21)17(23)25-13-16(22)20-12-14-8-5-4-6-9-14/h4-6,8-9,15H,7,10-13H2,1-3H3,(H,20,22)/t15-/m0/s1. The predicted molar refractivity (Wildman–Crippen MR) is 95.2 cm³/mol. The number of ether oxygens (including phenoxy) is 2. The molecule has 1 aliphatic rings. The van der Waals surface area contributed by atoms with Gasteiger partial charge in [-0.1, -0.05) is 30.3 Å². The maximum Gasteiger partial charge on any atom is 0.411 e. The van der Waals surface area contributed by atoms with Gasteiger partial charge in [0.25, 0.3) is 5.91 Å². The SMILES string of the molecule is CC(C)(C)OC(=O)N1CCC[C@H]1C(=O)OCC(=O)NCc1ccccc1. The van der Waals surface area contributed by atoms with Crippen LogP contribution in [0.4, 0.5) is 4.79 Å². The summed E-state index contributed by atoms with van der Waals surface area (Å²) in [5.41, 5.74) is 0.324. The molecule has 0 unspecified atom stereocenters. The van der Waals surface area contributed by atoms with E-state index in [4.69, 9.17) is 9.47 Å². The van der Waals surface area contributed by atoms with Crippen LogP contribution in [-0.4, -0.2) is 47.7 Å². The predicted octanol–water partition coefficient (Wildman–Crippen LogP) is 2.25. The molecule has 1 aromatic rings. The summed E-state index contributed by atoms with van der Waals surface area (Å²) >= 11 is 0. The number of carbonyl (C=O) groups is 3. The lowest BCUT2D eigenvalue weighted by molar-refractivity contribution is -0.152. The number of nitrogens with one attached hydrogen (secondary N) is 1. The number of likely N-dealkylation sites (tertiary alicyclic amines) is 1. The topological polar surface area (TPSA) is 84.9 Å². The maximum absolute atomic E-state index is 12.3. The fraction of sp³-hybridized carbons (Fsp3) is 0.526. The Bertz CT molecular complexity index is 639. The van der Waals surface area contributed by atoms with E-state index in [1.165, 1.54) is 4.90 Å². The van der Waals surface area contributed by atoms with E-state index in [1.54, 1.807) is 20.8 Å². The average molecular weight is 362 g/mol. The molecule has 7 heteroatoms. The first kappa shape index (κ1) is 19.8. The monoisotopic (exact) mass is 362 g/mol. The van der Waals surface area contributed by atoms with Crippen LogP contribution in [0.2, 0.25) is 0 Å². The van der Waals surface area contributed by atoms with Crippen molar-refractivity contribution in [2.24, 2.45) is 0 Å². The van der Waals surface area contributed by atoms with E-state index in [-0.39, 0.29) is 12.5 Å². The third-order valence-electron chi connectivity index (χ3n) is 3.83. The van der Waals surface area contributed by atoms with Gasteiger partial charge in [0.05, 0.1) is 0 Å². The Morgan fingerprint density at radius 2 is 1.88 bits per heavy atom. The largest absolute Gasteiger partial charge is 0.454 e. The zero-order valence-electron chi connectivity index (χ0n) is 15.5. The van der Waals surface area contributed by atoms with E-state index in [2.05, 4.69) is 5.32 Å². The molecule has 0 radical (unpaired) electrons. The summed E-state index contributed by atoms with van der Waals surface area (Å²) in [6.07, 6.45) is 0.661. The lowest BCUT2D eigenvalue weighted by atomic mass is 10.2. The minimum atomic E-state index is -0.702. The summed E-state index contributed by atoms with van der Waals surface area (Å²) in [5, 5.41) is 2.69. The Hall–Kier alpha value is -2.57. The number of esters is 1. The summed E-state index contributed by atoms with van der Waals surface area (Å²) in [6, 6.07) is 8.74. The highest BCUT2D eigenvalue weighted by Gasteiger charge is 2.37. The number of carbonyl (C=O) groups excluding carboxylic acids is 3. The van der Waals surface area contributed by atoms with Gasteiger partial charge in [0.1, 0.15) is 11.6 Å². The lowest BCUT2D eigenvalue weighted by Crippen LogP contribution is -2.44. The van der Waals surface area contributed by atoms with Gasteiger partial charge in [-0.2, -0.15) is 0 Å². The number of hydrogen-bond donors (Lipinski definition) is 1. The lowest BCUT2D eigenvalue weighted by Gasteiger charge is -2.27. The third-order valence-corrected chi connectivity index (χ3v) is 3.83. The minimum absolute atomic E-state index is 0.366. The molecule has 1 aliphatic heterocycles. The van der Waals surface area contributed by atoms with Crippen LogP contribution in [0.5, 0.6) is 0 Å². The molecular weight excluding hydrogens is 336 g/mol. The van der Waals surface area contributed by atoms with Crippen molar-refractivity contribution in [1.82, 2.24) is 10.2 Å². The van der Waals surface area contributed by atoms with Crippen molar-refractivity contribution < 1.29 is 23.9 Å². The summed E-state index contributed by atoms with van der Waals surface area (Å²) in [6.45, 7) is 5.74. The minimum Gasteiger partial charge on any atom is -0.454 e. The molecule has 1 atom stereocenters. The molecule has 0 bridgehead atoms. The Morgan fingerprint density at radius 1 is 1.19 bits per heavy atom. The van der Waals surface area contributed by atoms with E-state index < -0.39 is 23.7 Å². The highest BCUT2D eigenvalue weighted by atomic mass is 16.6. The highest BCUT2D eigenvalue weighted by Crippen LogP contribution is 2.21. The van der Waals surface area contributed by atoms with Gasteiger partial charge in [-0.15, -0.1) is 0 Å². The van der Waals surface area contributed by atoms with Crippen LogP contribution in [0.1, 0.15) is 39.2 Å². The van der Waals surface area contributed by atoms with Crippen LogP contribution in [0.15, 0.2) is 30.3 Å². The Balaban J connectivity index is 1.79. The smallest absolute Gasteiger partial charge is 0.411 e. The quantitative estimate of drug-likeness (QED) is 0.812. The van der Waals surface area contributed by atoms with E-state index in [1.807, 2.05) is 30.3 Å². The first-order valence-corrected chi connectivity index (χ1v) is 8.73. The van der Waals surface area contributed by atoms with Crippen molar-refractivity contribution in [2.45, 2.75) is 51.8 Å². The number of rotatable bonds is 5. The fourth-order valence-corrected chi connectivity index (χ4v) is 2.63. The molecule has 2 rings (SSSR count). The first-order valence-electron chi connectivity index (χ1n) is 8.73. The number of hydrogen-bond acceptors (Lipinski definition) is 5. The number of nitrogens with zero attached hydrogens (tertiary/aromatic N) is 1. The normalized spacial score (nSPS) is 16.9. The second-order valence-electron chi connectivity index (χ2n) is 7.20. The van der Waals surface area contributed by atoms with E-state index in [9.17, 15) is 14.4 Å². The van der Waals surface area contributed by atoms with Crippen molar-refractivity contribution in [2.75, 3.05) is 13.2 Å². The van der Waals surface area contributed by atoms with Gasteiger partial charge in [0.2, 0.25) is 0 Å². The van der Waals surface area contributed by atoms with Gasteiger partial charge < -0.3 is 14.8 Å². The van der Waals surface area contributed by atoms with Crippen LogP contribution in [-0.2, 0) is 25.6 Å². The Labute approximate surface area is 153 Å². The summed E-state index contributed by atoms with van der Waals surface area (Å²) in [4.78, 5) is 37.7. The van der Waals surface area contributed by atoms with Crippen molar-refractivity contribution in [1.29, 1.82) is 0 Å². The zero-order chi connectivity index (χ0) is 19.2. The molecule has 142 valence electrons. The molecule has 0 spiro atoms. The fourth-order valence-electron chi connectivity index (χ4n) is 2.63. The third kappa shape index (κ3) is 6.06. The zero-order valence-corrected chi connectivity index (χ0v) is 15.5. The van der Waals surface area contributed by atoms with Crippen LogP contribution >= 0.6 is 0 Å². The maximum atomic E-state index is 12.3. The van der Waals surface area contributed by atoms with Crippen LogP contribution in [0.25, 0.3) is 0 Å². The van der Waals surface area contributed by atoms with E-state index >= 15 is 0 Å². The van der Waals surface area contributed by atoms with Crippen molar-refractivity contribution >= 4 is 18.0 Å². The van der Waals surface area contributed by atoms with E-state index in [0.29, 0.717) is 25.9 Å². The Morgan fingerprint density at radius 3 is 2.54 bits per heavy atom. The first-order chi connectivity index (χ1) is 12.3. The average Bonchev–Trinajstić information content (AvgIpc) is 3.07. The molecule has 1 N–H and O–H groups in total. The molecule has 1 fully saturated rings. The summed E-state index contributed by atoms with van der Waals surface area (Å²) < 4.78 is 10.4. The molecule has 0 saturated carbocycles. The molecule has 1 aromatic carbocycles. The van der Waals surface area contributed by atoms with Crippen molar-refractivity contribution in [3.8, 4) is 0 Å². The van der Waals surface area contributed by atoms with Gasteiger partial charge in [0, 0.05) is 13.1 Å². The van der Waals surface area contributed by atoms with Crippen molar-refractivity contribution in [3.05, 3.63) is 35.9 Å². The second-order valence-corrected chi connectivity index (χ2v) is 7.20. The molecule has 2 amide bonds. The summed E-state index contributed by atoms with van der Waals surface area (Å²) in [5.74, 6) is -0.966. The van der Waals surface area contributed by atoms with Gasteiger partial charge in [-0.25, -0.2) is 9.59 Å². The molecule has 0 aliphatic carbocycles. The highest BCUT2D eigenvalue weighted by molar-refractivity contribution is 5.85. The molecular formula is C19H26N2O5. The second kappa shape index (κ2) is 8.69. The Kier molecular flexibility index (Phi) is 6.60. The van der Waals surface area contributed by atoms with Gasteiger partial charge in [-0.3, -0.25) is 9.69 Å². The van der Waals surface area contributed by atoms with E-state index in [0.717, 1.165) is 5.56 Å². The van der Waals surface area contributed by atoms with Crippen molar-refractivity contribution in [3.63, 3.8) is 0 Å². The van der Waals surface area contributed by atoms with Crippen LogP contribution < -0.4 is 5.32 Å². The molecule has 7 nitrogen and oxygen atoms in total. The van der Waals surface area contributed by atoms with Gasteiger partial charge in [-0.05, 0) is 39.2 Å². The van der Waals surface area contributed by atoms with Gasteiger partial charge >= 0.3 is 12.1 Å². The van der Waals surface area contributed by atoms with Crippen LogP contribution in [0, 0.1) is 0 Å². The number of amides is 2. The molecule has 26 heavy (non-hydrogen) atoms. The van der Waals surface area contributed by atoms with Crippen LogP contribution in [0.3, 0.4) is 0 Å². The molecule has 0 aromatic heterocycles. The van der Waals surface area contributed by atoms with Gasteiger partial charge in [0.15, 0.2) is 6.61 Å². The molecule has 1 saturated heterocycles. The molecule has 1 heterocycles.